The molecule has 0 N–H and O–H groups in total. The minimum atomic E-state index is 0.618. The fourth-order valence-corrected chi connectivity index (χ4v) is 6.22. The Kier molecular flexibility index (Phi) is 6.84. The number of aromatic nitrogens is 4. The number of hydrogen-bond acceptors (Lipinski definition) is 4. The first kappa shape index (κ1) is 27.5. The molecule has 0 radical (unpaired) electrons. The van der Waals surface area contributed by atoms with Gasteiger partial charge in [0.15, 0.2) is 23.1 Å². The van der Waals surface area contributed by atoms with Gasteiger partial charge in [0, 0.05) is 38.2 Å². The summed E-state index contributed by atoms with van der Waals surface area (Å²) in [5.41, 5.74) is 7.76. The fraction of sp³-hybridized carbons (Fsp3) is 0.0488. The SMILES string of the molecule is CC.c1ccc(-c2nc(-c3ccccc3)nc(-c3ccc4oc5c(-n6c7ccccc7c7ccccc76)cccc5c4c3)n2)cc1. The highest BCUT2D eigenvalue weighted by Gasteiger charge is 2.19. The van der Waals surface area contributed by atoms with E-state index in [0.29, 0.717) is 17.5 Å². The van der Waals surface area contributed by atoms with Gasteiger partial charge >= 0.3 is 0 Å². The molecule has 0 aliphatic rings. The van der Waals surface area contributed by atoms with Crippen LogP contribution in [0.3, 0.4) is 0 Å². The van der Waals surface area contributed by atoms with E-state index >= 15 is 0 Å². The molecule has 3 heterocycles. The van der Waals surface area contributed by atoms with Gasteiger partial charge in [-0.1, -0.05) is 123 Å². The fourth-order valence-electron chi connectivity index (χ4n) is 6.22. The predicted octanol–water partition coefficient (Wildman–Crippen LogP) is 10.9. The van der Waals surface area contributed by atoms with Crippen molar-refractivity contribution in [3.05, 3.63) is 146 Å². The Balaban J connectivity index is 0.00000153. The van der Waals surface area contributed by atoms with E-state index < -0.39 is 0 Å². The van der Waals surface area contributed by atoms with Crippen molar-refractivity contribution in [2.75, 3.05) is 0 Å². The van der Waals surface area contributed by atoms with Crippen LogP contribution in [0.15, 0.2) is 150 Å². The molecule has 0 atom stereocenters. The largest absolute Gasteiger partial charge is 0.454 e. The third-order valence-corrected chi connectivity index (χ3v) is 8.25. The third kappa shape index (κ3) is 4.52. The van der Waals surface area contributed by atoms with Crippen molar-refractivity contribution in [1.29, 1.82) is 0 Å². The van der Waals surface area contributed by atoms with E-state index in [1.165, 1.54) is 10.8 Å². The Bertz CT molecular complexity index is 2380. The Morgan fingerprint density at radius 1 is 0.435 bits per heavy atom. The lowest BCUT2D eigenvalue weighted by atomic mass is 10.1. The first-order valence-electron chi connectivity index (χ1n) is 15.6. The van der Waals surface area contributed by atoms with Crippen LogP contribution in [0.4, 0.5) is 0 Å². The van der Waals surface area contributed by atoms with Gasteiger partial charge in [-0.3, -0.25) is 0 Å². The summed E-state index contributed by atoms with van der Waals surface area (Å²) in [6.07, 6.45) is 0. The first-order chi connectivity index (χ1) is 22.8. The summed E-state index contributed by atoms with van der Waals surface area (Å²) in [4.78, 5) is 14.7. The normalized spacial score (nSPS) is 11.3. The average molecular weight is 595 g/mol. The van der Waals surface area contributed by atoms with Crippen LogP contribution in [-0.2, 0) is 0 Å². The van der Waals surface area contributed by atoms with Gasteiger partial charge in [-0.25, -0.2) is 15.0 Å². The van der Waals surface area contributed by atoms with Crippen molar-refractivity contribution in [2.24, 2.45) is 0 Å². The van der Waals surface area contributed by atoms with Crippen LogP contribution in [0.2, 0.25) is 0 Å². The maximum Gasteiger partial charge on any atom is 0.164 e. The van der Waals surface area contributed by atoms with Crippen LogP contribution in [0.5, 0.6) is 0 Å². The van der Waals surface area contributed by atoms with Crippen LogP contribution in [0.1, 0.15) is 13.8 Å². The highest BCUT2D eigenvalue weighted by Crippen LogP contribution is 2.39. The van der Waals surface area contributed by atoms with Gasteiger partial charge in [0.25, 0.3) is 0 Å². The summed E-state index contributed by atoms with van der Waals surface area (Å²) in [5, 5.41) is 4.50. The van der Waals surface area contributed by atoms with E-state index in [1.54, 1.807) is 0 Å². The molecule has 0 saturated carbocycles. The predicted molar refractivity (Wildman–Crippen MR) is 189 cm³/mol. The van der Waals surface area contributed by atoms with E-state index in [2.05, 4.69) is 77.4 Å². The van der Waals surface area contributed by atoms with Crippen LogP contribution in [0, 0.1) is 0 Å². The highest BCUT2D eigenvalue weighted by molar-refractivity contribution is 6.13. The van der Waals surface area contributed by atoms with Gasteiger partial charge in [0.2, 0.25) is 0 Å². The number of hydrogen-bond donors (Lipinski definition) is 0. The van der Waals surface area contributed by atoms with E-state index in [4.69, 9.17) is 19.4 Å². The van der Waals surface area contributed by atoms with E-state index in [0.717, 1.165) is 55.3 Å². The van der Waals surface area contributed by atoms with Gasteiger partial charge in [0.05, 0.1) is 16.7 Å². The summed E-state index contributed by atoms with van der Waals surface area (Å²) in [7, 11) is 0. The molecule has 46 heavy (non-hydrogen) atoms. The molecule has 0 fully saturated rings. The average Bonchev–Trinajstić information content (AvgIpc) is 3.69. The quantitative estimate of drug-likeness (QED) is 0.203. The molecule has 3 aromatic heterocycles. The zero-order chi connectivity index (χ0) is 31.0. The van der Waals surface area contributed by atoms with Gasteiger partial charge < -0.3 is 8.98 Å². The molecule has 0 bridgehead atoms. The van der Waals surface area contributed by atoms with Gasteiger partial charge in [-0.2, -0.15) is 0 Å². The van der Waals surface area contributed by atoms with Gasteiger partial charge in [-0.15, -0.1) is 0 Å². The summed E-state index contributed by atoms with van der Waals surface area (Å²) >= 11 is 0. The number of para-hydroxylation sites is 3. The van der Waals surface area contributed by atoms with Crippen LogP contribution in [-0.4, -0.2) is 19.5 Å². The summed E-state index contributed by atoms with van der Waals surface area (Å²) in [5.74, 6) is 1.90. The number of rotatable bonds is 4. The Morgan fingerprint density at radius 3 is 1.52 bits per heavy atom. The van der Waals surface area contributed by atoms with Crippen molar-refractivity contribution in [1.82, 2.24) is 19.5 Å². The molecule has 0 amide bonds. The Hall–Kier alpha value is -6.07. The summed E-state index contributed by atoms with van der Waals surface area (Å²) in [6.45, 7) is 4.00. The molecule has 0 aliphatic carbocycles. The molecule has 9 rings (SSSR count). The zero-order valence-electron chi connectivity index (χ0n) is 25.6. The molecule has 5 heteroatoms. The molecule has 0 saturated heterocycles. The van der Waals surface area contributed by atoms with Crippen molar-refractivity contribution in [3.63, 3.8) is 0 Å². The third-order valence-electron chi connectivity index (χ3n) is 8.25. The lowest BCUT2D eigenvalue weighted by molar-refractivity contribution is 0.666. The molecule has 0 spiro atoms. The minimum absolute atomic E-state index is 0.618. The molecular weight excluding hydrogens is 564 g/mol. The zero-order valence-corrected chi connectivity index (χ0v) is 25.6. The molecule has 5 nitrogen and oxygen atoms in total. The summed E-state index contributed by atoms with van der Waals surface area (Å²) < 4.78 is 8.91. The number of benzene rings is 6. The lowest BCUT2D eigenvalue weighted by Crippen LogP contribution is -2.00. The van der Waals surface area contributed by atoms with Gasteiger partial charge in [0.1, 0.15) is 5.58 Å². The van der Waals surface area contributed by atoms with Crippen molar-refractivity contribution >= 4 is 43.7 Å². The number of furan rings is 1. The van der Waals surface area contributed by atoms with Crippen molar-refractivity contribution in [2.45, 2.75) is 13.8 Å². The van der Waals surface area contributed by atoms with Crippen molar-refractivity contribution < 1.29 is 4.42 Å². The number of nitrogens with zero attached hydrogens (tertiary/aromatic N) is 4. The van der Waals surface area contributed by atoms with Crippen LogP contribution in [0.25, 0.3) is 83.6 Å². The van der Waals surface area contributed by atoms with Gasteiger partial charge in [-0.05, 0) is 36.4 Å². The molecule has 9 aromatic rings. The molecule has 0 unspecified atom stereocenters. The second-order valence-corrected chi connectivity index (χ2v) is 10.9. The topological polar surface area (TPSA) is 56.7 Å². The van der Waals surface area contributed by atoms with Crippen molar-refractivity contribution in [3.8, 4) is 39.9 Å². The lowest BCUT2D eigenvalue weighted by Gasteiger charge is -2.08. The standard InChI is InChI=1S/C39H24N4O.C2H6/c1-3-12-25(13-4-1)37-40-38(26-14-5-2-6-15-26)42-39(41-37)27-22-23-35-31(24-27)30-18-11-21-34(36(30)44-35)43-32-19-9-7-16-28(32)29-17-8-10-20-33(29)43;1-2/h1-24H;1-2H3. The second-order valence-electron chi connectivity index (χ2n) is 10.9. The van der Waals surface area contributed by atoms with E-state index in [1.807, 2.05) is 86.6 Å². The van der Waals surface area contributed by atoms with Crippen LogP contribution < -0.4 is 0 Å². The molecular formula is C41H30N4O. The Labute approximate surface area is 266 Å². The maximum atomic E-state index is 6.61. The maximum absolute atomic E-state index is 6.61. The highest BCUT2D eigenvalue weighted by atomic mass is 16.3. The molecule has 6 aromatic carbocycles. The summed E-state index contributed by atoms with van der Waals surface area (Å²) in [6, 6.07) is 49.7. The first-order valence-corrected chi connectivity index (χ1v) is 15.6. The monoisotopic (exact) mass is 594 g/mol. The smallest absolute Gasteiger partial charge is 0.164 e. The minimum Gasteiger partial charge on any atom is -0.454 e. The number of fused-ring (bicyclic) bond motifs is 6. The molecule has 0 aliphatic heterocycles. The Morgan fingerprint density at radius 2 is 0.935 bits per heavy atom. The van der Waals surface area contributed by atoms with E-state index in [9.17, 15) is 0 Å². The molecule has 220 valence electrons. The van der Waals surface area contributed by atoms with E-state index in [-0.39, 0.29) is 0 Å². The second kappa shape index (κ2) is 11.5. The van der Waals surface area contributed by atoms with Crippen LogP contribution >= 0.6 is 0 Å².